The van der Waals surface area contributed by atoms with Gasteiger partial charge in [0.05, 0.1) is 6.10 Å². The minimum atomic E-state index is 0.203. The Kier molecular flexibility index (Phi) is 2.33. The molecule has 0 aliphatic heterocycles. The minimum Gasteiger partial charge on any atom is -0.489 e. The average Bonchev–Trinajstić information content (AvgIpc) is 2.47. The van der Waals surface area contributed by atoms with E-state index < -0.39 is 0 Å². The van der Waals surface area contributed by atoms with Crippen LogP contribution in [0.25, 0.3) is 10.1 Å². The second-order valence-corrected chi connectivity index (χ2v) is 4.43. The number of hydrogen-bond donors (Lipinski definition) is 1. The summed E-state index contributed by atoms with van der Waals surface area (Å²) in [5, 5.41) is 3.15. The summed E-state index contributed by atoms with van der Waals surface area (Å²) in [6, 6.07) is 5.91. The predicted molar refractivity (Wildman–Crippen MR) is 62.0 cm³/mol. The summed E-state index contributed by atoms with van der Waals surface area (Å²) in [4.78, 5) is 0. The van der Waals surface area contributed by atoms with Gasteiger partial charge in [0.2, 0.25) is 0 Å². The molecule has 0 fully saturated rings. The molecule has 0 radical (unpaired) electrons. The van der Waals surface area contributed by atoms with Crippen molar-refractivity contribution in [2.45, 2.75) is 20.0 Å². The van der Waals surface area contributed by atoms with Crippen molar-refractivity contribution in [3.63, 3.8) is 0 Å². The number of nitrogens with two attached hydrogens (primary N) is 1. The molecule has 0 bridgehead atoms. The Labute approximate surface area is 87.3 Å². The van der Waals surface area contributed by atoms with Crippen molar-refractivity contribution in [2.24, 2.45) is 0 Å². The van der Waals surface area contributed by atoms with Gasteiger partial charge in [0.25, 0.3) is 0 Å². The summed E-state index contributed by atoms with van der Waals surface area (Å²) in [7, 11) is 0. The maximum atomic E-state index is 5.73. The lowest BCUT2D eigenvalue weighted by atomic mass is 10.2. The Bertz CT molecular complexity index is 447. The summed E-state index contributed by atoms with van der Waals surface area (Å²) in [6.45, 7) is 4.05. The molecule has 2 rings (SSSR count). The largest absolute Gasteiger partial charge is 0.489 e. The minimum absolute atomic E-state index is 0.203. The third kappa shape index (κ3) is 1.68. The van der Waals surface area contributed by atoms with Gasteiger partial charge in [-0.05, 0) is 32.0 Å². The highest BCUT2D eigenvalue weighted by atomic mass is 32.1. The zero-order valence-corrected chi connectivity index (χ0v) is 9.10. The van der Waals surface area contributed by atoms with E-state index in [-0.39, 0.29) is 6.10 Å². The van der Waals surface area contributed by atoms with Gasteiger partial charge in [-0.2, -0.15) is 0 Å². The smallest absolute Gasteiger partial charge is 0.138 e. The van der Waals surface area contributed by atoms with Crippen LogP contribution in [-0.2, 0) is 0 Å². The molecule has 0 saturated carbocycles. The van der Waals surface area contributed by atoms with Gasteiger partial charge in [-0.3, -0.25) is 0 Å². The Hall–Kier alpha value is -1.22. The molecule has 74 valence electrons. The number of hydrogen-bond acceptors (Lipinski definition) is 3. The maximum Gasteiger partial charge on any atom is 0.138 e. The van der Waals surface area contributed by atoms with Crippen molar-refractivity contribution in [3.8, 4) is 5.75 Å². The SMILES string of the molecule is CC(C)Oc1csc2ccc(N)cc12. The van der Waals surface area contributed by atoms with Gasteiger partial charge in [0.1, 0.15) is 5.75 Å². The van der Waals surface area contributed by atoms with E-state index in [1.165, 1.54) is 4.70 Å². The van der Waals surface area contributed by atoms with Crippen molar-refractivity contribution in [3.05, 3.63) is 23.6 Å². The van der Waals surface area contributed by atoms with Crippen molar-refractivity contribution < 1.29 is 4.74 Å². The number of ether oxygens (including phenoxy) is 1. The third-order valence-corrected chi connectivity index (χ3v) is 2.87. The monoisotopic (exact) mass is 207 g/mol. The molecule has 0 aliphatic carbocycles. The Morgan fingerprint density at radius 2 is 2.14 bits per heavy atom. The van der Waals surface area contributed by atoms with Crippen molar-refractivity contribution in [2.75, 3.05) is 5.73 Å². The molecule has 0 atom stereocenters. The molecule has 1 heterocycles. The molecule has 0 unspecified atom stereocenters. The lowest BCUT2D eigenvalue weighted by Gasteiger charge is -2.07. The van der Waals surface area contributed by atoms with Crippen molar-refractivity contribution >= 4 is 27.1 Å². The number of benzene rings is 1. The average molecular weight is 207 g/mol. The van der Waals surface area contributed by atoms with Gasteiger partial charge >= 0.3 is 0 Å². The number of fused-ring (bicyclic) bond motifs is 1. The van der Waals surface area contributed by atoms with Gasteiger partial charge in [-0.25, -0.2) is 0 Å². The first-order valence-electron chi connectivity index (χ1n) is 4.60. The first-order chi connectivity index (χ1) is 6.66. The lowest BCUT2D eigenvalue weighted by molar-refractivity contribution is 0.246. The normalized spacial score (nSPS) is 11.1. The summed E-state index contributed by atoms with van der Waals surface area (Å²) in [6.07, 6.45) is 0.203. The molecule has 2 nitrogen and oxygen atoms in total. The summed E-state index contributed by atoms with van der Waals surface area (Å²) >= 11 is 1.68. The Balaban J connectivity index is 2.50. The zero-order valence-electron chi connectivity index (χ0n) is 8.28. The van der Waals surface area contributed by atoms with Crippen LogP contribution < -0.4 is 10.5 Å². The maximum absolute atomic E-state index is 5.73. The van der Waals surface area contributed by atoms with Crippen LogP contribution in [0, 0.1) is 0 Å². The lowest BCUT2D eigenvalue weighted by Crippen LogP contribution is -2.04. The third-order valence-electron chi connectivity index (χ3n) is 1.92. The molecule has 0 spiro atoms. The van der Waals surface area contributed by atoms with Crippen molar-refractivity contribution in [1.29, 1.82) is 0 Å². The molecule has 14 heavy (non-hydrogen) atoms. The van der Waals surface area contributed by atoms with E-state index in [2.05, 4.69) is 0 Å². The van der Waals surface area contributed by atoms with Gasteiger partial charge in [0.15, 0.2) is 0 Å². The fourth-order valence-electron chi connectivity index (χ4n) is 1.37. The molecule has 2 N–H and O–H groups in total. The highest BCUT2D eigenvalue weighted by Gasteiger charge is 2.06. The highest BCUT2D eigenvalue weighted by molar-refractivity contribution is 7.17. The molecular formula is C11H13NOS. The van der Waals surface area contributed by atoms with E-state index in [9.17, 15) is 0 Å². The fraction of sp³-hybridized carbons (Fsp3) is 0.273. The first-order valence-corrected chi connectivity index (χ1v) is 5.48. The molecule has 0 saturated heterocycles. The van der Waals surface area contributed by atoms with E-state index in [0.717, 1.165) is 16.8 Å². The van der Waals surface area contributed by atoms with E-state index in [1.807, 2.05) is 37.4 Å². The van der Waals surface area contributed by atoms with Gasteiger partial charge in [-0.1, -0.05) is 0 Å². The van der Waals surface area contributed by atoms with Crippen LogP contribution in [0.1, 0.15) is 13.8 Å². The quantitative estimate of drug-likeness (QED) is 0.767. The second-order valence-electron chi connectivity index (χ2n) is 3.52. The van der Waals surface area contributed by atoms with E-state index in [0.29, 0.717) is 0 Å². The van der Waals surface area contributed by atoms with Crippen LogP contribution in [0.5, 0.6) is 5.75 Å². The van der Waals surface area contributed by atoms with Crippen LogP contribution in [0.3, 0.4) is 0 Å². The molecule has 1 aromatic carbocycles. The van der Waals surface area contributed by atoms with Gasteiger partial charge in [0, 0.05) is 21.2 Å². The standard InChI is InChI=1S/C11H13NOS/c1-7(2)13-10-6-14-11-4-3-8(12)5-9(10)11/h3-7H,12H2,1-2H3. The summed E-state index contributed by atoms with van der Waals surface area (Å²) < 4.78 is 6.89. The van der Waals surface area contributed by atoms with Crippen LogP contribution in [0.2, 0.25) is 0 Å². The molecular weight excluding hydrogens is 194 g/mol. The van der Waals surface area contributed by atoms with Gasteiger partial charge in [-0.15, -0.1) is 11.3 Å². The van der Waals surface area contributed by atoms with Crippen LogP contribution in [0.4, 0.5) is 5.69 Å². The summed E-state index contributed by atoms with van der Waals surface area (Å²) in [5.41, 5.74) is 6.51. The van der Waals surface area contributed by atoms with E-state index in [4.69, 9.17) is 10.5 Å². The Morgan fingerprint density at radius 1 is 1.36 bits per heavy atom. The molecule has 0 aliphatic rings. The van der Waals surface area contributed by atoms with Crippen LogP contribution >= 0.6 is 11.3 Å². The molecule has 3 heteroatoms. The molecule has 2 aromatic rings. The van der Waals surface area contributed by atoms with E-state index >= 15 is 0 Å². The zero-order chi connectivity index (χ0) is 10.1. The van der Waals surface area contributed by atoms with Crippen molar-refractivity contribution in [1.82, 2.24) is 0 Å². The Morgan fingerprint density at radius 3 is 2.86 bits per heavy atom. The fourth-order valence-corrected chi connectivity index (χ4v) is 2.22. The van der Waals surface area contributed by atoms with Gasteiger partial charge < -0.3 is 10.5 Å². The second kappa shape index (κ2) is 3.50. The molecule has 1 aromatic heterocycles. The highest BCUT2D eigenvalue weighted by Crippen LogP contribution is 2.33. The topological polar surface area (TPSA) is 35.2 Å². The number of anilines is 1. The number of rotatable bonds is 2. The number of thiophene rings is 1. The van der Waals surface area contributed by atoms with Crippen LogP contribution in [0.15, 0.2) is 23.6 Å². The van der Waals surface area contributed by atoms with Crippen LogP contribution in [-0.4, -0.2) is 6.10 Å². The number of nitrogen functional groups attached to an aromatic ring is 1. The predicted octanol–water partition coefficient (Wildman–Crippen LogP) is 3.27. The molecule has 0 amide bonds. The van der Waals surface area contributed by atoms with E-state index in [1.54, 1.807) is 11.3 Å². The first kappa shape index (κ1) is 9.34. The summed E-state index contributed by atoms with van der Waals surface area (Å²) in [5.74, 6) is 0.937.